The molecular formula is C16H22N2O4S. The maximum absolute atomic E-state index is 12.3. The van der Waals surface area contributed by atoms with Crippen molar-refractivity contribution in [2.24, 2.45) is 5.92 Å². The van der Waals surface area contributed by atoms with E-state index < -0.39 is 10.0 Å². The van der Waals surface area contributed by atoms with Crippen molar-refractivity contribution in [2.75, 3.05) is 13.1 Å². The third-order valence-corrected chi connectivity index (χ3v) is 5.43. The zero-order valence-electron chi connectivity index (χ0n) is 13.6. The molecule has 1 aliphatic heterocycles. The lowest BCUT2D eigenvalue weighted by atomic mass is 10.1. The summed E-state index contributed by atoms with van der Waals surface area (Å²) in [5.41, 5.74) is 0.470. The maximum atomic E-state index is 12.3. The molecule has 1 amide bonds. The van der Waals surface area contributed by atoms with E-state index in [0.29, 0.717) is 18.5 Å². The Morgan fingerprint density at radius 3 is 2.39 bits per heavy atom. The predicted molar refractivity (Wildman–Crippen MR) is 86.6 cm³/mol. The molecule has 2 rings (SSSR count). The first kappa shape index (κ1) is 17.6. The Labute approximate surface area is 136 Å². The Hall–Kier alpha value is -1.73. The number of hydrogen-bond donors (Lipinski definition) is 1. The molecule has 23 heavy (non-hydrogen) atoms. The van der Waals surface area contributed by atoms with Crippen LogP contribution in [0.1, 0.15) is 37.6 Å². The topological polar surface area (TPSA) is 83.5 Å². The van der Waals surface area contributed by atoms with Crippen molar-refractivity contribution < 1.29 is 18.0 Å². The van der Waals surface area contributed by atoms with Crippen molar-refractivity contribution in [3.63, 3.8) is 0 Å². The van der Waals surface area contributed by atoms with Gasteiger partial charge in [0.15, 0.2) is 5.78 Å². The van der Waals surface area contributed by atoms with Gasteiger partial charge >= 0.3 is 0 Å². The third-order valence-electron chi connectivity index (χ3n) is 4.00. The number of nitrogens with zero attached hydrogens (tertiary/aromatic N) is 1. The number of Topliss-reactive ketones (excluding diaryl/α,β-unsaturated/α-hetero) is 1. The van der Waals surface area contributed by atoms with E-state index in [0.717, 1.165) is 0 Å². The largest absolute Gasteiger partial charge is 0.340 e. The highest BCUT2D eigenvalue weighted by Gasteiger charge is 2.31. The van der Waals surface area contributed by atoms with Crippen LogP contribution in [-0.4, -0.2) is 44.1 Å². The fraction of sp³-hybridized carbons (Fsp3) is 0.500. The van der Waals surface area contributed by atoms with Gasteiger partial charge in [-0.15, -0.1) is 0 Å². The Bertz CT molecular complexity index is 695. The van der Waals surface area contributed by atoms with E-state index in [9.17, 15) is 18.0 Å². The molecule has 6 nitrogen and oxygen atoms in total. The molecule has 1 aromatic rings. The second kappa shape index (κ2) is 6.80. The minimum absolute atomic E-state index is 0.0174. The molecule has 7 heteroatoms. The number of sulfonamides is 1. The number of amides is 1. The number of rotatable bonds is 6. The summed E-state index contributed by atoms with van der Waals surface area (Å²) in [7, 11) is -3.64. The highest BCUT2D eigenvalue weighted by Crippen LogP contribution is 2.20. The summed E-state index contributed by atoms with van der Waals surface area (Å²) in [6.07, 6.45) is 0.365. The van der Waals surface area contributed by atoms with E-state index in [-0.39, 0.29) is 35.1 Å². The maximum Gasteiger partial charge on any atom is 0.240 e. The fourth-order valence-electron chi connectivity index (χ4n) is 2.62. The minimum Gasteiger partial charge on any atom is -0.340 e. The highest BCUT2D eigenvalue weighted by molar-refractivity contribution is 7.89. The molecule has 1 unspecified atom stereocenters. The van der Waals surface area contributed by atoms with Crippen LogP contribution in [-0.2, 0) is 14.8 Å². The van der Waals surface area contributed by atoms with Crippen LogP contribution >= 0.6 is 0 Å². The Balaban J connectivity index is 1.99. The summed E-state index contributed by atoms with van der Waals surface area (Å²) in [6, 6.07) is 5.95. The van der Waals surface area contributed by atoms with Crippen LogP contribution < -0.4 is 4.72 Å². The molecule has 0 aliphatic carbocycles. The quantitative estimate of drug-likeness (QED) is 0.795. The summed E-state index contributed by atoms with van der Waals surface area (Å²) in [4.78, 5) is 24.9. The van der Waals surface area contributed by atoms with Crippen LogP contribution in [0, 0.1) is 5.92 Å². The van der Waals surface area contributed by atoms with Crippen LogP contribution in [0.4, 0.5) is 0 Å². The number of ketones is 1. The van der Waals surface area contributed by atoms with Crippen molar-refractivity contribution in [1.29, 1.82) is 0 Å². The van der Waals surface area contributed by atoms with Gasteiger partial charge in [-0.2, -0.15) is 0 Å². The van der Waals surface area contributed by atoms with Gasteiger partial charge in [-0.3, -0.25) is 9.59 Å². The van der Waals surface area contributed by atoms with Gasteiger partial charge in [0.1, 0.15) is 0 Å². The molecule has 1 aliphatic rings. The molecule has 1 N–H and O–H groups in total. The van der Waals surface area contributed by atoms with Gasteiger partial charge in [0, 0.05) is 31.1 Å². The van der Waals surface area contributed by atoms with Gasteiger partial charge in [0.2, 0.25) is 15.9 Å². The van der Waals surface area contributed by atoms with Crippen molar-refractivity contribution in [3.8, 4) is 0 Å². The average molecular weight is 338 g/mol. The van der Waals surface area contributed by atoms with Crippen LogP contribution in [0.15, 0.2) is 29.2 Å². The molecule has 0 saturated carbocycles. The second-order valence-electron chi connectivity index (χ2n) is 6.14. The summed E-state index contributed by atoms with van der Waals surface area (Å²) in [6.45, 7) is 6.12. The third kappa shape index (κ3) is 4.17. The predicted octanol–water partition coefficient (Wildman–Crippen LogP) is 1.42. The van der Waals surface area contributed by atoms with E-state index in [1.54, 1.807) is 4.90 Å². The van der Waals surface area contributed by atoms with Crippen molar-refractivity contribution in [1.82, 2.24) is 9.62 Å². The van der Waals surface area contributed by atoms with Crippen molar-refractivity contribution >= 4 is 21.7 Å². The zero-order chi connectivity index (χ0) is 17.2. The number of benzene rings is 1. The zero-order valence-corrected chi connectivity index (χ0v) is 14.4. The van der Waals surface area contributed by atoms with Gasteiger partial charge in [0.25, 0.3) is 0 Å². The molecule has 0 aromatic heterocycles. The summed E-state index contributed by atoms with van der Waals surface area (Å²) < 4.78 is 27.1. The van der Waals surface area contributed by atoms with Gasteiger partial charge in [-0.1, -0.05) is 12.1 Å². The molecule has 1 aromatic carbocycles. The number of carbonyl (C=O) groups is 2. The fourth-order valence-corrected chi connectivity index (χ4v) is 3.74. The molecule has 0 radical (unpaired) electrons. The van der Waals surface area contributed by atoms with E-state index in [1.165, 1.54) is 31.2 Å². The smallest absolute Gasteiger partial charge is 0.240 e. The first-order valence-electron chi connectivity index (χ1n) is 7.61. The van der Waals surface area contributed by atoms with Crippen LogP contribution in [0.2, 0.25) is 0 Å². The molecule has 126 valence electrons. The molecular weight excluding hydrogens is 316 g/mol. The molecule has 1 saturated heterocycles. The molecule has 0 spiro atoms. The van der Waals surface area contributed by atoms with Crippen LogP contribution in [0.3, 0.4) is 0 Å². The lowest BCUT2D eigenvalue weighted by Crippen LogP contribution is -2.34. The Morgan fingerprint density at radius 2 is 1.91 bits per heavy atom. The summed E-state index contributed by atoms with van der Waals surface area (Å²) >= 11 is 0. The van der Waals surface area contributed by atoms with E-state index in [4.69, 9.17) is 0 Å². The average Bonchev–Trinajstić information content (AvgIpc) is 2.87. The molecule has 0 bridgehead atoms. The summed E-state index contributed by atoms with van der Waals surface area (Å²) in [5.74, 6) is -0.0636. The molecule has 1 atom stereocenters. The lowest BCUT2D eigenvalue weighted by Gasteiger charge is -2.21. The van der Waals surface area contributed by atoms with Crippen LogP contribution in [0.5, 0.6) is 0 Å². The Morgan fingerprint density at radius 1 is 1.30 bits per heavy atom. The molecule has 1 heterocycles. The van der Waals surface area contributed by atoms with Crippen LogP contribution in [0.25, 0.3) is 0 Å². The van der Waals surface area contributed by atoms with Gasteiger partial charge in [0.05, 0.1) is 4.90 Å². The van der Waals surface area contributed by atoms with Gasteiger partial charge < -0.3 is 4.90 Å². The number of carbonyl (C=O) groups excluding carboxylic acids is 2. The number of hydrogen-bond acceptors (Lipinski definition) is 4. The standard InChI is InChI=1S/C16H22N2O4S/c1-11(2)18-10-13(8-16(18)20)9-17-23(21,22)15-6-4-14(5-7-15)12(3)19/h4-7,11,13,17H,8-10H2,1-3H3. The van der Waals surface area contributed by atoms with E-state index in [2.05, 4.69) is 4.72 Å². The van der Waals surface area contributed by atoms with Crippen molar-refractivity contribution in [2.45, 2.75) is 38.1 Å². The summed E-state index contributed by atoms with van der Waals surface area (Å²) in [5, 5.41) is 0. The minimum atomic E-state index is -3.64. The van der Waals surface area contributed by atoms with E-state index in [1.807, 2.05) is 13.8 Å². The van der Waals surface area contributed by atoms with Gasteiger partial charge in [-0.05, 0) is 38.8 Å². The first-order valence-corrected chi connectivity index (χ1v) is 9.09. The number of nitrogens with one attached hydrogen (secondary N) is 1. The highest BCUT2D eigenvalue weighted by atomic mass is 32.2. The number of likely N-dealkylation sites (tertiary alicyclic amines) is 1. The Kier molecular flexibility index (Phi) is 5.21. The van der Waals surface area contributed by atoms with E-state index >= 15 is 0 Å². The monoisotopic (exact) mass is 338 g/mol. The second-order valence-corrected chi connectivity index (χ2v) is 7.91. The van der Waals surface area contributed by atoms with Crippen molar-refractivity contribution in [3.05, 3.63) is 29.8 Å². The first-order chi connectivity index (χ1) is 10.7. The normalized spacial score (nSPS) is 18.7. The molecule has 1 fully saturated rings. The van der Waals surface area contributed by atoms with Gasteiger partial charge in [-0.25, -0.2) is 13.1 Å². The SMILES string of the molecule is CC(=O)c1ccc(S(=O)(=O)NCC2CC(=O)N(C(C)C)C2)cc1. The lowest BCUT2D eigenvalue weighted by molar-refractivity contribution is -0.129.